The second-order valence-corrected chi connectivity index (χ2v) is 4.93. The minimum Gasteiger partial charge on any atom is -0.399 e. The predicted octanol–water partition coefficient (Wildman–Crippen LogP) is 1.20. The number of benzene rings is 1. The average Bonchev–Trinajstić information content (AvgIpc) is 2.90. The van der Waals surface area contributed by atoms with Crippen molar-refractivity contribution in [1.29, 1.82) is 0 Å². The quantitative estimate of drug-likeness (QED) is 0.701. The van der Waals surface area contributed by atoms with Gasteiger partial charge in [-0.2, -0.15) is 5.10 Å². The van der Waals surface area contributed by atoms with E-state index in [0.29, 0.717) is 18.1 Å². The summed E-state index contributed by atoms with van der Waals surface area (Å²) in [6, 6.07) is 5.60. The Balaban J connectivity index is 2.12. The van der Waals surface area contributed by atoms with Gasteiger partial charge in [0, 0.05) is 24.5 Å². The molecule has 3 N–H and O–H groups in total. The predicted molar refractivity (Wildman–Crippen MR) is 77.1 cm³/mol. The maximum Gasteiger partial charge on any atom is 0.136 e. The Hall–Kier alpha value is -2.34. The van der Waals surface area contributed by atoms with Crippen molar-refractivity contribution in [3.8, 4) is 0 Å². The van der Waals surface area contributed by atoms with Gasteiger partial charge in [-0.15, -0.1) is 0 Å². The number of nitrogens with two attached hydrogens (primary N) is 1. The number of hydrogen-bond acceptors (Lipinski definition) is 4. The smallest absolute Gasteiger partial charge is 0.136 e. The number of aliphatic hydroxyl groups is 1. The topological polar surface area (TPSA) is 81.9 Å². The van der Waals surface area contributed by atoms with Gasteiger partial charge in [0.25, 0.3) is 0 Å². The molecule has 0 spiro atoms. The Morgan fingerprint density at radius 1 is 1.35 bits per heavy atom. The minimum absolute atomic E-state index is 0.103. The molecule has 1 aromatic carbocycles. The number of nitrogen functional groups attached to an aromatic ring is 1. The molecule has 0 radical (unpaired) electrons. The van der Waals surface area contributed by atoms with Crippen molar-refractivity contribution in [2.45, 2.75) is 20.1 Å². The van der Waals surface area contributed by atoms with Crippen LogP contribution in [0.5, 0.6) is 0 Å². The van der Waals surface area contributed by atoms with Gasteiger partial charge in [-0.25, -0.2) is 4.98 Å². The van der Waals surface area contributed by atoms with Gasteiger partial charge in [0.15, 0.2) is 0 Å². The van der Waals surface area contributed by atoms with Gasteiger partial charge in [0.2, 0.25) is 0 Å². The Morgan fingerprint density at radius 2 is 2.15 bits per heavy atom. The van der Waals surface area contributed by atoms with Crippen LogP contribution in [-0.2, 0) is 20.2 Å². The first-order chi connectivity index (χ1) is 9.58. The molecule has 2 heterocycles. The highest BCUT2D eigenvalue weighted by molar-refractivity contribution is 5.79. The summed E-state index contributed by atoms with van der Waals surface area (Å²) in [7, 11) is 1.90. The summed E-state index contributed by atoms with van der Waals surface area (Å²) in [6.07, 6.45) is 1.99. The first-order valence-corrected chi connectivity index (χ1v) is 6.43. The van der Waals surface area contributed by atoms with E-state index < -0.39 is 0 Å². The second kappa shape index (κ2) is 4.64. The second-order valence-electron chi connectivity index (χ2n) is 4.93. The first kappa shape index (κ1) is 12.7. The van der Waals surface area contributed by atoms with Gasteiger partial charge >= 0.3 is 0 Å². The fraction of sp³-hybridized carbons (Fsp3) is 0.286. The summed E-state index contributed by atoms with van der Waals surface area (Å²) in [5.41, 5.74) is 10.3. The van der Waals surface area contributed by atoms with Crippen molar-refractivity contribution >= 4 is 16.7 Å². The number of aryl methyl sites for hydroxylation is 2. The van der Waals surface area contributed by atoms with Gasteiger partial charge in [-0.05, 0) is 25.1 Å². The Morgan fingerprint density at radius 3 is 2.80 bits per heavy atom. The lowest BCUT2D eigenvalue weighted by Gasteiger charge is -2.07. The van der Waals surface area contributed by atoms with E-state index in [-0.39, 0.29) is 6.61 Å². The molecule has 2 aromatic heterocycles. The van der Waals surface area contributed by atoms with Crippen molar-refractivity contribution in [3.05, 3.63) is 41.5 Å². The molecule has 6 nitrogen and oxygen atoms in total. The standard InChI is InChI=1S/C14H17N5O/c1-9-10(6-18(2)17-9)7-19-13-4-3-11(15)5-12(13)16-14(19)8-20/h3-6,20H,7-8,15H2,1-2H3. The lowest BCUT2D eigenvalue weighted by atomic mass is 10.2. The summed E-state index contributed by atoms with van der Waals surface area (Å²) >= 11 is 0. The van der Waals surface area contributed by atoms with Crippen molar-refractivity contribution in [3.63, 3.8) is 0 Å². The van der Waals surface area contributed by atoms with Gasteiger partial charge in [-0.1, -0.05) is 0 Å². The lowest BCUT2D eigenvalue weighted by molar-refractivity contribution is 0.267. The zero-order valence-corrected chi connectivity index (χ0v) is 11.5. The molecule has 20 heavy (non-hydrogen) atoms. The van der Waals surface area contributed by atoms with E-state index in [2.05, 4.69) is 10.1 Å². The summed E-state index contributed by atoms with van der Waals surface area (Å²) in [6.45, 7) is 2.51. The van der Waals surface area contributed by atoms with E-state index in [9.17, 15) is 5.11 Å². The summed E-state index contributed by atoms with van der Waals surface area (Å²) in [4.78, 5) is 4.43. The number of anilines is 1. The number of fused-ring (bicyclic) bond motifs is 1. The van der Waals surface area contributed by atoms with Crippen LogP contribution in [0.3, 0.4) is 0 Å². The molecule has 3 rings (SSSR count). The van der Waals surface area contributed by atoms with Gasteiger partial charge < -0.3 is 15.4 Å². The van der Waals surface area contributed by atoms with E-state index >= 15 is 0 Å². The molecule has 0 atom stereocenters. The van der Waals surface area contributed by atoms with Crippen LogP contribution in [0.25, 0.3) is 11.0 Å². The zero-order valence-electron chi connectivity index (χ0n) is 11.5. The van der Waals surface area contributed by atoms with Crippen LogP contribution in [0.4, 0.5) is 5.69 Å². The first-order valence-electron chi connectivity index (χ1n) is 6.43. The van der Waals surface area contributed by atoms with Crippen molar-refractivity contribution < 1.29 is 5.11 Å². The summed E-state index contributed by atoms with van der Waals surface area (Å²) in [5.74, 6) is 0.633. The van der Waals surface area contributed by atoms with E-state index in [1.165, 1.54) is 0 Å². The third kappa shape index (κ3) is 2.04. The molecule has 0 unspecified atom stereocenters. The molecular formula is C14H17N5O. The van der Waals surface area contributed by atoms with Gasteiger partial charge in [-0.3, -0.25) is 4.68 Å². The number of rotatable bonds is 3. The molecule has 0 saturated heterocycles. The van der Waals surface area contributed by atoms with Crippen LogP contribution in [0, 0.1) is 6.92 Å². The summed E-state index contributed by atoms with van der Waals surface area (Å²) in [5, 5.41) is 13.8. The number of aromatic nitrogens is 4. The lowest BCUT2D eigenvalue weighted by Crippen LogP contribution is -2.05. The normalized spacial score (nSPS) is 11.3. The molecular weight excluding hydrogens is 254 g/mol. The fourth-order valence-corrected chi connectivity index (χ4v) is 2.47. The van der Waals surface area contributed by atoms with E-state index in [4.69, 9.17) is 5.73 Å². The van der Waals surface area contributed by atoms with E-state index in [1.54, 1.807) is 4.68 Å². The zero-order chi connectivity index (χ0) is 14.3. The molecule has 104 valence electrons. The molecule has 0 aliphatic heterocycles. The van der Waals surface area contributed by atoms with Gasteiger partial charge in [0.05, 0.1) is 23.3 Å². The monoisotopic (exact) mass is 271 g/mol. The number of nitrogens with zero attached hydrogens (tertiary/aromatic N) is 4. The molecule has 3 aromatic rings. The number of aliphatic hydroxyl groups excluding tert-OH is 1. The van der Waals surface area contributed by atoms with Crippen LogP contribution >= 0.6 is 0 Å². The molecule has 0 amide bonds. The maximum atomic E-state index is 9.51. The highest BCUT2D eigenvalue weighted by atomic mass is 16.3. The molecule has 0 bridgehead atoms. The fourth-order valence-electron chi connectivity index (χ4n) is 2.47. The SMILES string of the molecule is Cc1nn(C)cc1Cn1c(CO)nc2cc(N)ccc21. The van der Waals surface area contributed by atoms with Crippen molar-refractivity contribution in [2.75, 3.05) is 5.73 Å². The Kier molecular flexibility index (Phi) is 2.94. The van der Waals surface area contributed by atoms with Crippen LogP contribution in [0.2, 0.25) is 0 Å². The highest BCUT2D eigenvalue weighted by Gasteiger charge is 2.12. The third-order valence-corrected chi connectivity index (χ3v) is 3.44. The van der Waals surface area contributed by atoms with Crippen molar-refractivity contribution in [1.82, 2.24) is 19.3 Å². The van der Waals surface area contributed by atoms with Crippen LogP contribution in [0.1, 0.15) is 17.1 Å². The molecule has 0 fully saturated rings. The van der Waals surface area contributed by atoms with E-state index in [0.717, 1.165) is 22.3 Å². The largest absolute Gasteiger partial charge is 0.399 e. The minimum atomic E-state index is -0.103. The molecule has 0 saturated carbocycles. The Bertz CT molecular complexity index is 771. The molecule has 0 aliphatic carbocycles. The highest BCUT2D eigenvalue weighted by Crippen LogP contribution is 2.21. The van der Waals surface area contributed by atoms with Crippen LogP contribution in [-0.4, -0.2) is 24.4 Å². The van der Waals surface area contributed by atoms with Crippen molar-refractivity contribution in [2.24, 2.45) is 7.05 Å². The third-order valence-electron chi connectivity index (χ3n) is 3.44. The number of imidazole rings is 1. The maximum absolute atomic E-state index is 9.51. The molecule has 0 aliphatic rings. The molecule has 6 heteroatoms. The van der Waals surface area contributed by atoms with Gasteiger partial charge in [0.1, 0.15) is 12.4 Å². The average molecular weight is 271 g/mol. The number of hydrogen-bond donors (Lipinski definition) is 2. The van der Waals surface area contributed by atoms with Crippen LogP contribution < -0.4 is 5.73 Å². The van der Waals surface area contributed by atoms with Crippen LogP contribution in [0.15, 0.2) is 24.4 Å². The Labute approximate surface area is 116 Å². The van der Waals surface area contributed by atoms with E-state index in [1.807, 2.05) is 42.9 Å². The summed E-state index contributed by atoms with van der Waals surface area (Å²) < 4.78 is 3.79.